The van der Waals surface area contributed by atoms with Crippen LogP contribution in [0.5, 0.6) is 0 Å². The van der Waals surface area contributed by atoms with E-state index in [0.717, 1.165) is 13.1 Å². The van der Waals surface area contributed by atoms with Gasteiger partial charge in [0.2, 0.25) is 0 Å². The molecule has 5 heteroatoms. The van der Waals surface area contributed by atoms with Gasteiger partial charge < -0.3 is 4.74 Å². The highest BCUT2D eigenvalue weighted by molar-refractivity contribution is 9.13. The Kier molecular flexibility index (Phi) is 4.13. The molecule has 1 aromatic heterocycles. The Labute approximate surface area is 122 Å². The van der Waals surface area contributed by atoms with Crippen molar-refractivity contribution in [2.75, 3.05) is 0 Å². The van der Waals surface area contributed by atoms with Crippen LogP contribution in [-0.4, -0.2) is 18.0 Å². The van der Waals surface area contributed by atoms with Crippen LogP contribution >= 0.6 is 43.2 Å². The topological polar surface area (TPSA) is 26.3 Å². The lowest BCUT2D eigenvalue weighted by Gasteiger charge is -2.15. The molecule has 0 aromatic carbocycles. The third-order valence-corrected chi connectivity index (χ3v) is 6.70. The Balaban J connectivity index is 2.26. The lowest BCUT2D eigenvalue weighted by molar-refractivity contribution is 0.0492. The molecule has 2 nitrogen and oxygen atoms in total. The van der Waals surface area contributed by atoms with Gasteiger partial charge in [-0.15, -0.1) is 11.3 Å². The number of thiophene rings is 1. The van der Waals surface area contributed by atoms with E-state index in [1.54, 1.807) is 0 Å². The summed E-state index contributed by atoms with van der Waals surface area (Å²) in [6.45, 7) is 6.11. The quantitative estimate of drug-likeness (QED) is 0.704. The Morgan fingerprint density at radius 1 is 1.29 bits per heavy atom. The molecule has 1 saturated heterocycles. The molecule has 2 heterocycles. The number of carbonyl (C=O) groups is 1. The zero-order valence-electron chi connectivity index (χ0n) is 9.87. The average molecular weight is 382 g/mol. The maximum atomic E-state index is 12.5. The fraction of sp³-hybridized carbons (Fsp3) is 0.583. The normalized spacial score (nSPS) is 33.0. The van der Waals surface area contributed by atoms with Crippen molar-refractivity contribution in [2.45, 2.75) is 33.0 Å². The predicted molar refractivity (Wildman–Crippen MR) is 76.7 cm³/mol. The van der Waals surface area contributed by atoms with E-state index in [9.17, 15) is 4.79 Å². The molecule has 1 fully saturated rings. The third-order valence-electron chi connectivity index (χ3n) is 3.43. The van der Waals surface area contributed by atoms with Crippen LogP contribution in [0.3, 0.4) is 0 Å². The van der Waals surface area contributed by atoms with E-state index in [4.69, 9.17) is 4.74 Å². The van der Waals surface area contributed by atoms with Gasteiger partial charge in [0.15, 0.2) is 5.78 Å². The summed E-state index contributed by atoms with van der Waals surface area (Å²) in [6.07, 6.45) is 0.165. The van der Waals surface area contributed by atoms with Crippen molar-refractivity contribution in [1.29, 1.82) is 0 Å². The van der Waals surface area contributed by atoms with Crippen molar-refractivity contribution in [3.05, 3.63) is 19.2 Å². The zero-order chi connectivity index (χ0) is 12.7. The minimum Gasteiger partial charge on any atom is -0.374 e. The summed E-state index contributed by atoms with van der Waals surface area (Å²) in [5.41, 5.74) is 0. The van der Waals surface area contributed by atoms with Crippen molar-refractivity contribution in [2.24, 2.45) is 11.8 Å². The number of rotatable bonds is 2. The van der Waals surface area contributed by atoms with Gasteiger partial charge in [0.1, 0.15) is 0 Å². The molecule has 94 valence electrons. The van der Waals surface area contributed by atoms with Crippen molar-refractivity contribution in [3.63, 3.8) is 0 Å². The minimum atomic E-state index is -0.0255. The second-order valence-corrected chi connectivity index (χ2v) is 7.75. The molecule has 1 aliphatic heterocycles. The molecular formula is C12H14Br2O2S. The number of hydrogen-bond donors (Lipinski definition) is 0. The van der Waals surface area contributed by atoms with Gasteiger partial charge in [-0.1, -0.05) is 6.92 Å². The molecule has 0 bridgehead atoms. The summed E-state index contributed by atoms with van der Waals surface area (Å²) < 4.78 is 7.63. The molecule has 1 aliphatic rings. The Hall–Kier alpha value is 0.290. The Bertz CT molecular complexity index is 424. The number of halogens is 2. The van der Waals surface area contributed by atoms with Gasteiger partial charge in [0.25, 0.3) is 0 Å². The molecule has 0 amide bonds. The van der Waals surface area contributed by atoms with Crippen LogP contribution in [0, 0.1) is 11.8 Å². The second-order valence-electron chi connectivity index (χ2n) is 4.53. The second kappa shape index (κ2) is 5.11. The van der Waals surface area contributed by atoms with Crippen LogP contribution in [-0.2, 0) is 4.74 Å². The monoisotopic (exact) mass is 380 g/mol. The lowest BCUT2D eigenvalue weighted by Crippen LogP contribution is -2.26. The highest BCUT2D eigenvalue weighted by atomic mass is 79.9. The van der Waals surface area contributed by atoms with Gasteiger partial charge in [0.05, 0.1) is 26.8 Å². The van der Waals surface area contributed by atoms with E-state index in [2.05, 4.69) is 38.8 Å². The molecular weight excluding hydrogens is 368 g/mol. The Morgan fingerprint density at radius 3 is 2.35 bits per heavy atom. The first-order valence-electron chi connectivity index (χ1n) is 5.56. The van der Waals surface area contributed by atoms with Crippen molar-refractivity contribution >= 4 is 49.0 Å². The zero-order valence-corrected chi connectivity index (χ0v) is 13.9. The molecule has 1 aromatic rings. The van der Waals surface area contributed by atoms with Crippen molar-refractivity contribution in [1.82, 2.24) is 0 Å². The SMILES string of the molecule is CC1OC(C)C(C(=O)c2cc(Br)c(Br)s2)C1C. The molecule has 0 N–H and O–H groups in total. The summed E-state index contributed by atoms with van der Waals surface area (Å²) in [5.74, 6) is 0.449. The van der Waals surface area contributed by atoms with Crippen molar-refractivity contribution < 1.29 is 9.53 Å². The molecule has 0 spiro atoms. The maximum absolute atomic E-state index is 12.5. The summed E-state index contributed by atoms with van der Waals surface area (Å²) in [6, 6.07) is 1.89. The fourth-order valence-electron chi connectivity index (χ4n) is 2.35. The van der Waals surface area contributed by atoms with Gasteiger partial charge in [-0.3, -0.25) is 4.79 Å². The van der Waals surface area contributed by atoms with Gasteiger partial charge in [-0.2, -0.15) is 0 Å². The molecule has 0 saturated carbocycles. The first kappa shape index (κ1) is 13.7. The largest absolute Gasteiger partial charge is 0.374 e. The summed E-state index contributed by atoms with van der Waals surface area (Å²) in [4.78, 5) is 13.3. The molecule has 4 unspecified atom stereocenters. The van der Waals surface area contributed by atoms with E-state index in [0.29, 0.717) is 0 Å². The summed E-state index contributed by atoms with van der Waals surface area (Å²) >= 11 is 8.32. The number of Topliss-reactive ketones (excluding diaryl/α,β-unsaturated/α-hetero) is 1. The third kappa shape index (κ3) is 2.53. The van der Waals surface area contributed by atoms with Crippen LogP contribution < -0.4 is 0 Å². The standard InChI is InChI=1S/C12H14Br2O2S/c1-5-6(2)16-7(3)10(5)11(15)9-4-8(13)12(14)17-9/h4-7,10H,1-3H3. The minimum absolute atomic E-state index is 0.00662. The van der Waals surface area contributed by atoms with E-state index in [1.165, 1.54) is 11.3 Å². The van der Waals surface area contributed by atoms with Crippen LogP contribution in [0.15, 0.2) is 14.3 Å². The molecule has 2 rings (SSSR count). The van der Waals surface area contributed by atoms with Crippen LogP contribution in [0.4, 0.5) is 0 Å². The summed E-state index contributed by atoms with van der Waals surface area (Å²) in [5, 5.41) is 0. The van der Waals surface area contributed by atoms with Crippen LogP contribution in [0.2, 0.25) is 0 Å². The number of ether oxygens (including phenoxy) is 1. The van der Waals surface area contributed by atoms with E-state index in [-0.39, 0.29) is 29.8 Å². The smallest absolute Gasteiger partial charge is 0.178 e. The van der Waals surface area contributed by atoms with Gasteiger partial charge in [-0.05, 0) is 57.7 Å². The van der Waals surface area contributed by atoms with Crippen molar-refractivity contribution in [3.8, 4) is 0 Å². The first-order chi connectivity index (χ1) is 7.91. The molecule has 0 aliphatic carbocycles. The van der Waals surface area contributed by atoms with Crippen LogP contribution in [0.1, 0.15) is 30.4 Å². The van der Waals surface area contributed by atoms with Crippen LogP contribution in [0.25, 0.3) is 0 Å². The van der Waals surface area contributed by atoms with Gasteiger partial charge >= 0.3 is 0 Å². The first-order valence-corrected chi connectivity index (χ1v) is 7.96. The highest BCUT2D eigenvalue weighted by Gasteiger charge is 2.42. The number of carbonyl (C=O) groups excluding carboxylic acids is 1. The molecule has 4 atom stereocenters. The molecule has 17 heavy (non-hydrogen) atoms. The van der Waals surface area contributed by atoms with Gasteiger partial charge in [-0.25, -0.2) is 0 Å². The summed E-state index contributed by atoms with van der Waals surface area (Å²) in [7, 11) is 0. The highest BCUT2D eigenvalue weighted by Crippen LogP contribution is 2.39. The van der Waals surface area contributed by atoms with E-state index >= 15 is 0 Å². The van der Waals surface area contributed by atoms with E-state index in [1.807, 2.05) is 19.9 Å². The lowest BCUT2D eigenvalue weighted by atomic mass is 9.85. The Morgan fingerprint density at radius 2 is 1.94 bits per heavy atom. The fourth-order valence-corrected chi connectivity index (χ4v) is 4.37. The van der Waals surface area contributed by atoms with Gasteiger partial charge in [0, 0.05) is 4.47 Å². The van der Waals surface area contributed by atoms with E-state index < -0.39 is 0 Å². The predicted octanol–water partition coefficient (Wildman–Crippen LogP) is 4.52. The molecule has 0 radical (unpaired) electrons. The number of hydrogen-bond acceptors (Lipinski definition) is 3. The maximum Gasteiger partial charge on any atom is 0.178 e. The average Bonchev–Trinajstić information content (AvgIpc) is 2.70. The number of ketones is 1.